The summed E-state index contributed by atoms with van der Waals surface area (Å²) in [4.78, 5) is 6.50. The molecule has 1 saturated heterocycles. The van der Waals surface area contributed by atoms with Gasteiger partial charge in [0.05, 0.1) is 23.5 Å². The van der Waals surface area contributed by atoms with Gasteiger partial charge in [-0.1, -0.05) is 48.5 Å². The molecule has 0 radical (unpaired) electrons. The lowest BCUT2D eigenvalue weighted by Gasteiger charge is -2.28. The van der Waals surface area contributed by atoms with Crippen molar-refractivity contribution >= 4 is 23.0 Å². The van der Waals surface area contributed by atoms with Gasteiger partial charge in [0, 0.05) is 24.1 Å². The summed E-state index contributed by atoms with van der Waals surface area (Å²) in [5, 5.41) is 3.91. The van der Waals surface area contributed by atoms with Gasteiger partial charge in [0.25, 0.3) is 0 Å². The van der Waals surface area contributed by atoms with Crippen LogP contribution in [0.1, 0.15) is 40.3 Å². The van der Waals surface area contributed by atoms with Gasteiger partial charge in [-0.15, -0.1) is 0 Å². The van der Waals surface area contributed by atoms with Gasteiger partial charge in [-0.05, 0) is 67.5 Å². The molecule has 1 aliphatic heterocycles. The fraction of sp³-hybridized carbons (Fsp3) is 0.185. The summed E-state index contributed by atoms with van der Waals surface area (Å²) in [5.41, 5.74) is 5.96. The number of para-hydroxylation sites is 1. The Balaban J connectivity index is 1.64. The molecule has 5 rings (SSSR count). The minimum atomic E-state index is -0.300. The molecule has 0 amide bonds. The largest absolute Gasteiger partial charge is 0.351 e. The molecule has 0 aliphatic carbocycles. The Labute approximate surface area is 198 Å². The predicted octanol–water partition coefficient (Wildman–Crippen LogP) is 5.86. The highest BCUT2D eigenvalue weighted by Gasteiger charge is 2.43. The molecule has 166 valence electrons. The number of hydrogen-bond donors (Lipinski definition) is 1. The summed E-state index contributed by atoms with van der Waals surface area (Å²) >= 11 is 5.74. The van der Waals surface area contributed by atoms with E-state index in [9.17, 15) is 4.39 Å². The van der Waals surface area contributed by atoms with Crippen LogP contribution in [0, 0.1) is 19.7 Å². The van der Waals surface area contributed by atoms with Gasteiger partial charge in [-0.2, -0.15) is 0 Å². The van der Waals surface area contributed by atoms with Crippen LogP contribution in [0.3, 0.4) is 0 Å². The number of rotatable bonds is 5. The minimum Gasteiger partial charge on any atom is -0.351 e. The maximum absolute atomic E-state index is 15.0. The molecule has 4 nitrogen and oxygen atoms in total. The molecule has 3 heterocycles. The Morgan fingerprint density at radius 3 is 2.42 bits per heavy atom. The van der Waals surface area contributed by atoms with Gasteiger partial charge in [0.1, 0.15) is 5.82 Å². The SMILES string of the molecule is Cc1cc([C@H]2[C@@H](c3ccccn3)NC(=S)N2c2ccccc2F)c(C)n1Cc1ccccc1. The van der Waals surface area contributed by atoms with Gasteiger partial charge in [-0.3, -0.25) is 4.98 Å². The molecular formula is C27H25FN4S. The van der Waals surface area contributed by atoms with Crippen LogP contribution >= 0.6 is 12.2 Å². The van der Waals surface area contributed by atoms with E-state index < -0.39 is 0 Å². The van der Waals surface area contributed by atoms with E-state index >= 15 is 0 Å². The minimum absolute atomic E-state index is 0.205. The van der Waals surface area contributed by atoms with Crippen molar-refractivity contribution < 1.29 is 4.39 Å². The molecule has 0 saturated carbocycles. The summed E-state index contributed by atoms with van der Waals surface area (Å²) in [7, 11) is 0. The lowest BCUT2D eigenvalue weighted by molar-refractivity contribution is 0.554. The van der Waals surface area contributed by atoms with Gasteiger partial charge in [0.2, 0.25) is 0 Å². The number of hydrogen-bond acceptors (Lipinski definition) is 2. The maximum Gasteiger partial charge on any atom is 0.174 e. The summed E-state index contributed by atoms with van der Waals surface area (Å²) in [5.74, 6) is -0.300. The van der Waals surface area contributed by atoms with Crippen molar-refractivity contribution in [2.24, 2.45) is 0 Å². The molecule has 1 aliphatic rings. The van der Waals surface area contributed by atoms with E-state index in [1.807, 2.05) is 35.2 Å². The molecule has 33 heavy (non-hydrogen) atoms. The second kappa shape index (κ2) is 8.79. The average Bonchev–Trinajstić information content (AvgIpc) is 3.31. The first-order valence-corrected chi connectivity index (χ1v) is 11.4. The van der Waals surface area contributed by atoms with Crippen LogP contribution in [0.25, 0.3) is 0 Å². The first kappa shape index (κ1) is 21.3. The van der Waals surface area contributed by atoms with Crippen LogP contribution in [0.2, 0.25) is 0 Å². The topological polar surface area (TPSA) is 33.1 Å². The first-order valence-electron chi connectivity index (χ1n) is 11.0. The quantitative estimate of drug-likeness (QED) is 0.381. The van der Waals surface area contributed by atoms with Gasteiger partial charge < -0.3 is 14.8 Å². The molecular weight excluding hydrogens is 431 g/mol. The molecule has 0 spiro atoms. The van der Waals surface area contributed by atoms with Crippen LogP contribution in [0.15, 0.2) is 85.1 Å². The molecule has 1 N–H and O–H groups in total. The number of thiocarbonyl (C=S) groups is 1. The second-order valence-electron chi connectivity index (χ2n) is 8.35. The zero-order valence-electron chi connectivity index (χ0n) is 18.6. The zero-order chi connectivity index (χ0) is 22.9. The Hall–Kier alpha value is -3.51. The van der Waals surface area contributed by atoms with Gasteiger partial charge in [-0.25, -0.2) is 4.39 Å². The predicted molar refractivity (Wildman–Crippen MR) is 134 cm³/mol. The fourth-order valence-electron chi connectivity index (χ4n) is 4.71. The van der Waals surface area contributed by atoms with Crippen molar-refractivity contribution in [3.63, 3.8) is 0 Å². The number of aromatic nitrogens is 2. The highest BCUT2D eigenvalue weighted by molar-refractivity contribution is 7.80. The van der Waals surface area contributed by atoms with E-state index in [-0.39, 0.29) is 17.9 Å². The summed E-state index contributed by atoms with van der Waals surface area (Å²) in [6, 6.07) is 24.8. The second-order valence-corrected chi connectivity index (χ2v) is 8.73. The van der Waals surface area contributed by atoms with Gasteiger partial charge in [0.15, 0.2) is 5.11 Å². The van der Waals surface area contributed by atoms with Crippen LogP contribution in [0.4, 0.5) is 10.1 Å². The molecule has 2 atom stereocenters. The summed E-state index contributed by atoms with van der Waals surface area (Å²) in [6.07, 6.45) is 1.78. The molecule has 1 fully saturated rings. The fourth-order valence-corrected chi connectivity index (χ4v) is 5.05. The van der Waals surface area contributed by atoms with Crippen molar-refractivity contribution in [1.82, 2.24) is 14.9 Å². The lowest BCUT2D eigenvalue weighted by Crippen LogP contribution is -2.30. The van der Waals surface area contributed by atoms with E-state index in [0.29, 0.717) is 10.8 Å². The van der Waals surface area contributed by atoms with Crippen LogP contribution < -0.4 is 10.2 Å². The highest BCUT2D eigenvalue weighted by Crippen LogP contribution is 2.43. The van der Waals surface area contributed by atoms with Gasteiger partial charge >= 0.3 is 0 Å². The number of pyridine rings is 1. The third-order valence-corrected chi connectivity index (χ3v) is 6.64. The normalized spacial score (nSPS) is 17.9. The number of aryl methyl sites for hydroxylation is 1. The van der Waals surface area contributed by atoms with Crippen molar-refractivity contribution in [2.45, 2.75) is 32.5 Å². The Bertz CT molecular complexity index is 1290. The Morgan fingerprint density at radius 1 is 0.970 bits per heavy atom. The standard InChI is InChI=1S/C27H25FN4S/c1-18-16-21(19(2)31(18)17-20-10-4-3-5-11-20)26-25(23-13-8-9-15-29-23)30-27(33)32(26)24-14-7-6-12-22(24)28/h3-16,25-26H,17H2,1-2H3,(H,30,33)/t25-,26+/m1/s1. The maximum atomic E-state index is 15.0. The molecule has 4 aromatic rings. The summed E-state index contributed by atoms with van der Waals surface area (Å²) < 4.78 is 17.3. The van der Waals surface area contributed by atoms with Crippen LogP contribution in [0.5, 0.6) is 0 Å². The van der Waals surface area contributed by atoms with E-state index in [1.54, 1.807) is 18.3 Å². The number of halogens is 1. The van der Waals surface area contributed by atoms with Crippen molar-refractivity contribution in [1.29, 1.82) is 0 Å². The molecule has 2 aromatic carbocycles. The number of benzene rings is 2. The Kier molecular flexibility index (Phi) is 5.68. The molecule has 0 unspecified atom stereocenters. The highest BCUT2D eigenvalue weighted by atomic mass is 32.1. The van der Waals surface area contributed by atoms with E-state index in [0.717, 1.165) is 29.2 Å². The monoisotopic (exact) mass is 456 g/mol. The van der Waals surface area contributed by atoms with Crippen molar-refractivity contribution in [3.05, 3.63) is 119 Å². The smallest absolute Gasteiger partial charge is 0.174 e. The van der Waals surface area contributed by atoms with Crippen LogP contribution in [-0.2, 0) is 6.54 Å². The summed E-state index contributed by atoms with van der Waals surface area (Å²) in [6.45, 7) is 5.02. The van der Waals surface area contributed by atoms with Crippen molar-refractivity contribution in [2.75, 3.05) is 4.90 Å². The van der Waals surface area contributed by atoms with E-state index in [4.69, 9.17) is 12.2 Å². The molecule has 2 aromatic heterocycles. The lowest BCUT2D eigenvalue weighted by atomic mass is 9.96. The number of nitrogens with zero attached hydrogens (tertiary/aromatic N) is 3. The number of anilines is 1. The number of nitrogens with one attached hydrogen (secondary N) is 1. The average molecular weight is 457 g/mol. The first-order chi connectivity index (χ1) is 16.0. The van der Waals surface area contributed by atoms with Crippen LogP contribution in [-0.4, -0.2) is 14.7 Å². The van der Waals surface area contributed by atoms with Crippen molar-refractivity contribution in [3.8, 4) is 0 Å². The third-order valence-electron chi connectivity index (χ3n) is 6.33. The molecule has 6 heteroatoms. The van der Waals surface area contributed by atoms with E-state index in [1.165, 1.54) is 11.6 Å². The molecule has 0 bridgehead atoms. The zero-order valence-corrected chi connectivity index (χ0v) is 19.4. The third kappa shape index (κ3) is 3.91. The van der Waals surface area contributed by atoms with E-state index in [2.05, 4.69) is 59.0 Å². The Morgan fingerprint density at radius 2 is 1.70 bits per heavy atom.